The van der Waals surface area contributed by atoms with Gasteiger partial charge in [0.15, 0.2) is 0 Å². The van der Waals surface area contributed by atoms with E-state index in [0.29, 0.717) is 5.56 Å². The summed E-state index contributed by atoms with van der Waals surface area (Å²) in [7, 11) is 0. The second-order valence-corrected chi connectivity index (χ2v) is 4.72. The molecular formula is C15H20N4O. The van der Waals surface area contributed by atoms with Gasteiger partial charge in [-0.2, -0.15) is 5.10 Å². The summed E-state index contributed by atoms with van der Waals surface area (Å²) in [4.78, 5) is 16.7. The van der Waals surface area contributed by atoms with Crippen LogP contribution in [0.5, 0.6) is 0 Å². The van der Waals surface area contributed by atoms with Crippen molar-refractivity contribution in [1.29, 1.82) is 0 Å². The molecule has 2 aromatic rings. The maximum Gasteiger partial charge on any atom is 0.255 e. The van der Waals surface area contributed by atoms with E-state index in [-0.39, 0.29) is 11.9 Å². The molecule has 20 heavy (non-hydrogen) atoms. The van der Waals surface area contributed by atoms with Crippen molar-refractivity contribution >= 4 is 5.91 Å². The highest BCUT2D eigenvalue weighted by Gasteiger charge is 2.16. The molecule has 0 aromatic carbocycles. The van der Waals surface area contributed by atoms with Gasteiger partial charge in [-0.05, 0) is 32.4 Å². The van der Waals surface area contributed by atoms with Crippen molar-refractivity contribution in [2.24, 2.45) is 0 Å². The molecule has 0 spiro atoms. The molecule has 2 heterocycles. The zero-order valence-electron chi connectivity index (χ0n) is 12.1. The van der Waals surface area contributed by atoms with Crippen LogP contribution in [-0.2, 0) is 6.54 Å². The number of rotatable bonds is 5. The Balaban J connectivity index is 2.11. The van der Waals surface area contributed by atoms with E-state index >= 15 is 0 Å². The number of hydrogen-bond acceptors (Lipinski definition) is 3. The lowest BCUT2D eigenvalue weighted by Gasteiger charge is -2.16. The normalized spacial score (nSPS) is 12.2. The van der Waals surface area contributed by atoms with Crippen molar-refractivity contribution in [3.63, 3.8) is 0 Å². The molecular weight excluding hydrogens is 252 g/mol. The summed E-state index contributed by atoms with van der Waals surface area (Å²) in [6.07, 6.45) is 4.14. The fraction of sp³-hybridized carbons (Fsp3) is 0.400. The molecule has 0 fully saturated rings. The summed E-state index contributed by atoms with van der Waals surface area (Å²) in [5.74, 6) is -0.111. The Morgan fingerprint density at radius 3 is 2.80 bits per heavy atom. The Bertz CT molecular complexity index is 591. The van der Waals surface area contributed by atoms with Crippen LogP contribution >= 0.6 is 0 Å². The lowest BCUT2D eigenvalue weighted by Crippen LogP contribution is -2.28. The highest BCUT2D eigenvalue weighted by Crippen LogP contribution is 2.15. The first-order valence-corrected chi connectivity index (χ1v) is 6.91. The topological polar surface area (TPSA) is 59.8 Å². The van der Waals surface area contributed by atoms with Crippen LogP contribution < -0.4 is 5.32 Å². The first-order chi connectivity index (χ1) is 9.63. The van der Waals surface area contributed by atoms with E-state index in [0.717, 1.165) is 24.4 Å². The number of carbonyl (C=O) groups is 1. The minimum Gasteiger partial charge on any atom is -0.344 e. The molecule has 1 amide bonds. The SMILES string of the molecule is CC[C@H](NC(=O)c1cnn(CC)c1)c1cccc(C)n1. The fourth-order valence-corrected chi connectivity index (χ4v) is 2.04. The van der Waals surface area contributed by atoms with Crippen LogP contribution in [0.2, 0.25) is 0 Å². The van der Waals surface area contributed by atoms with E-state index in [2.05, 4.69) is 15.4 Å². The lowest BCUT2D eigenvalue weighted by atomic mass is 10.1. The van der Waals surface area contributed by atoms with Gasteiger partial charge in [0.05, 0.1) is 23.5 Å². The summed E-state index contributed by atoms with van der Waals surface area (Å²) in [5.41, 5.74) is 2.43. The largest absolute Gasteiger partial charge is 0.344 e. The second kappa shape index (κ2) is 6.32. The van der Waals surface area contributed by atoms with Crippen LogP contribution in [0.3, 0.4) is 0 Å². The van der Waals surface area contributed by atoms with Gasteiger partial charge in [-0.3, -0.25) is 14.5 Å². The number of aryl methyl sites for hydroxylation is 2. The monoisotopic (exact) mass is 272 g/mol. The number of nitrogens with one attached hydrogen (secondary N) is 1. The first-order valence-electron chi connectivity index (χ1n) is 6.91. The van der Waals surface area contributed by atoms with Crippen LogP contribution in [0.1, 0.15) is 48.1 Å². The standard InChI is InChI=1S/C15H20N4O/c1-4-13(14-8-6-7-11(3)17-14)18-15(20)12-9-16-19(5-2)10-12/h6-10,13H,4-5H2,1-3H3,(H,18,20)/t13-/m0/s1. The summed E-state index contributed by atoms with van der Waals surface area (Å²) in [5, 5.41) is 7.13. The first kappa shape index (κ1) is 14.2. The van der Waals surface area contributed by atoms with Crippen LogP contribution in [0.25, 0.3) is 0 Å². The number of pyridine rings is 1. The zero-order chi connectivity index (χ0) is 14.5. The highest BCUT2D eigenvalue weighted by molar-refractivity contribution is 5.93. The van der Waals surface area contributed by atoms with Crippen molar-refractivity contribution in [2.75, 3.05) is 0 Å². The Morgan fingerprint density at radius 1 is 1.40 bits per heavy atom. The molecule has 0 aliphatic carbocycles. The van der Waals surface area contributed by atoms with E-state index in [9.17, 15) is 4.79 Å². The van der Waals surface area contributed by atoms with E-state index < -0.39 is 0 Å². The molecule has 2 aromatic heterocycles. The number of nitrogens with zero attached hydrogens (tertiary/aromatic N) is 3. The van der Waals surface area contributed by atoms with Gasteiger partial charge >= 0.3 is 0 Å². The highest BCUT2D eigenvalue weighted by atomic mass is 16.1. The van der Waals surface area contributed by atoms with Crippen LogP contribution in [0.15, 0.2) is 30.6 Å². The van der Waals surface area contributed by atoms with Gasteiger partial charge in [-0.25, -0.2) is 0 Å². The van der Waals surface area contributed by atoms with Crippen molar-refractivity contribution in [3.05, 3.63) is 47.5 Å². The van der Waals surface area contributed by atoms with Gasteiger partial charge in [0.25, 0.3) is 5.91 Å². The summed E-state index contributed by atoms with van der Waals surface area (Å²) in [6, 6.07) is 5.77. The Morgan fingerprint density at radius 2 is 2.20 bits per heavy atom. The van der Waals surface area contributed by atoms with Crippen LogP contribution in [-0.4, -0.2) is 20.7 Å². The molecule has 0 aliphatic heterocycles. The lowest BCUT2D eigenvalue weighted by molar-refractivity contribution is 0.0934. The Labute approximate surface area is 119 Å². The third-order valence-electron chi connectivity index (χ3n) is 3.20. The van der Waals surface area contributed by atoms with E-state index in [1.807, 2.05) is 39.0 Å². The number of hydrogen-bond donors (Lipinski definition) is 1. The van der Waals surface area contributed by atoms with Crippen LogP contribution in [0, 0.1) is 6.92 Å². The average molecular weight is 272 g/mol. The summed E-state index contributed by atoms with van der Waals surface area (Å²) >= 11 is 0. The summed E-state index contributed by atoms with van der Waals surface area (Å²) < 4.78 is 1.74. The van der Waals surface area contributed by atoms with Gasteiger partial charge in [0, 0.05) is 18.4 Å². The maximum atomic E-state index is 12.2. The van der Waals surface area contributed by atoms with Gasteiger partial charge in [0.1, 0.15) is 0 Å². The maximum absolute atomic E-state index is 12.2. The van der Waals surface area contributed by atoms with Crippen molar-refractivity contribution < 1.29 is 4.79 Å². The predicted octanol–water partition coefficient (Wildman–Crippen LogP) is 2.49. The molecule has 0 unspecified atom stereocenters. The molecule has 0 saturated heterocycles. The average Bonchev–Trinajstić information content (AvgIpc) is 2.93. The molecule has 0 saturated carbocycles. The minimum absolute atomic E-state index is 0.0765. The second-order valence-electron chi connectivity index (χ2n) is 4.72. The molecule has 2 rings (SSSR count). The van der Waals surface area contributed by atoms with Crippen molar-refractivity contribution in [2.45, 2.75) is 39.8 Å². The van der Waals surface area contributed by atoms with Gasteiger partial charge < -0.3 is 5.32 Å². The van der Waals surface area contributed by atoms with Gasteiger partial charge in [-0.15, -0.1) is 0 Å². The third-order valence-corrected chi connectivity index (χ3v) is 3.20. The van der Waals surface area contributed by atoms with Gasteiger partial charge in [-0.1, -0.05) is 13.0 Å². The minimum atomic E-state index is -0.111. The quantitative estimate of drug-likeness (QED) is 0.909. The number of amides is 1. The van der Waals surface area contributed by atoms with Gasteiger partial charge in [0.2, 0.25) is 0 Å². The molecule has 5 heteroatoms. The number of carbonyl (C=O) groups excluding carboxylic acids is 1. The Hall–Kier alpha value is -2.17. The van der Waals surface area contributed by atoms with E-state index in [1.54, 1.807) is 17.1 Å². The van der Waals surface area contributed by atoms with Crippen LogP contribution in [0.4, 0.5) is 0 Å². The number of aromatic nitrogens is 3. The van der Waals surface area contributed by atoms with Crippen molar-refractivity contribution in [3.8, 4) is 0 Å². The Kier molecular flexibility index (Phi) is 4.50. The molecule has 5 nitrogen and oxygen atoms in total. The zero-order valence-corrected chi connectivity index (χ0v) is 12.1. The summed E-state index contributed by atoms with van der Waals surface area (Å²) in [6.45, 7) is 6.72. The van der Waals surface area contributed by atoms with E-state index in [1.165, 1.54) is 0 Å². The molecule has 0 bridgehead atoms. The smallest absolute Gasteiger partial charge is 0.255 e. The van der Waals surface area contributed by atoms with Crippen molar-refractivity contribution in [1.82, 2.24) is 20.1 Å². The fourth-order valence-electron chi connectivity index (χ4n) is 2.04. The third kappa shape index (κ3) is 3.23. The predicted molar refractivity (Wildman–Crippen MR) is 77.4 cm³/mol. The molecule has 106 valence electrons. The van der Waals surface area contributed by atoms with E-state index in [4.69, 9.17) is 0 Å². The molecule has 0 aliphatic rings. The molecule has 1 atom stereocenters. The molecule has 1 N–H and O–H groups in total. The molecule has 0 radical (unpaired) electrons.